The summed E-state index contributed by atoms with van der Waals surface area (Å²) < 4.78 is 0.142. The Morgan fingerprint density at radius 3 is 2.70 bits per heavy atom. The van der Waals surface area contributed by atoms with Crippen molar-refractivity contribution in [3.05, 3.63) is 0 Å². The molecule has 0 N–H and O–H groups in total. The molecule has 4 heteroatoms. The van der Waals surface area contributed by atoms with Crippen molar-refractivity contribution in [1.29, 1.82) is 0 Å². The van der Waals surface area contributed by atoms with Gasteiger partial charge in [-0.2, -0.15) is 10.2 Å². The van der Waals surface area contributed by atoms with Gasteiger partial charge in [-0.3, -0.25) is 0 Å². The highest BCUT2D eigenvalue weighted by molar-refractivity contribution is 8.69. The number of thiol groups is 1. The lowest BCUT2D eigenvalue weighted by molar-refractivity contribution is 0.548. The molecule has 0 aliphatic carbocycles. The van der Waals surface area contributed by atoms with Gasteiger partial charge < -0.3 is 0 Å². The second-order valence-corrected chi connectivity index (χ2v) is 4.76. The quantitative estimate of drug-likeness (QED) is 0.507. The summed E-state index contributed by atoms with van der Waals surface area (Å²) >= 11 is 4.19. The van der Waals surface area contributed by atoms with Gasteiger partial charge in [0.15, 0.2) is 0 Å². The molecule has 58 valence electrons. The normalized spacial score (nSPS) is 25.7. The molecule has 0 fully saturated rings. The van der Waals surface area contributed by atoms with Crippen LogP contribution in [0.25, 0.3) is 0 Å². The van der Waals surface area contributed by atoms with Gasteiger partial charge in [-0.15, -0.1) is 11.7 Å². The summed E-state index contributed by atoms with van der Waals surface area (Å²) in [6.45, 7) is 5.20. The minimum absolute atomic E-state index is 0.142. The van der Waals surface area contributed by atoms with Crippen LogP contribution in [0.2, 0.25) is 0 Å². The first-order chi connectivity index (χ1) is 4.67. The lowest BCUT2D eigenvalue weighted by Crippen LogP contribution is -2.28. The van der Waals surface area contributed by atoms with Crippen molar-refractivity contribution < 1.29 is 0 Å². The highest BCUT2D eigenvalue weighted by Gasteiger charge is 2.30. The third-order valence-corrected chi connectivity index (χ3v) is 3.92. The Hall–Kier alpha value is 0.300. The average Bonchev–Trinajstić information content (AvgIpc) is 2.38. The molecule has 1 unspecified atom stereocenters. The minimum atomic E-state index is 0.142. The zero-order valence-electron chi connectivity index (χ0n) is 6.24. The Balaban J connectivity index is 2.54. The molecule has 1 rings (SSSR count). The van der Waals surface area contributed by atoms with Gasteiger partial charge in [0.1, 0.15) is 0 Å². The van der Waals surface area contributed by atoms with Crippen molar-refractivity contribution >= 4 is 22.5 Å². The molecule has 1 aliphatic heterocycles. The van der Waals surface area contributed by atoms with Gasteiger partial charge in [0, 0.05) is 4.75 Å². The Labute approximate surface area is 70.7 Å². The van der Waals surface area contributed by atoms with Crippen molar-refractivity contribution in [2.24, 2.45) is 10.2 Å². The third kappa shape index (κ3) is 1.66. The highest BCUT2D eigenvalue weighted by atomic mass is 33.1. The molecule has 1 atom stereocenters. The van der Waals surface area contributed by atoms with E-state index in [-0.39, 0.29) is 4.75 Å². The van der Waals surface area contributed by atoms with Gasteiger partial charge in [0.05, 0.1) is 12.6 Å². The summed E-state index contributed by atoms with van der Waals surface area (Å²) in [5, 5.41) is 8.09. The molecule has 0 saturated carbocycles. The smallest absolute Gasteiger partial charge is 0.0875 e. The van der Waals surface area contributed by atoms with E-state index in [1.54, 1.807) is 10.8 Å². The molecular formula is C6H12N2S2. The molecular weight excluding hydrogens is 164 g/mol. The van der Waals surface area contributed by atoms with Gasteiger partial charge in [-0.25, -0.2) is 0 Å². The first-order valence-corrected chi connectivity index (χ1v) is 5.23. The Bertz CT molecular complexity index is 145. The van der Waals surface area contributed by atoms with Crippen LogP contribution in [-0.4, -0.2) is 17.3 Å². The number of hydrogen-bond donors (Lipinski definition) is 1. The number of azo groups is 1. The summed E-state index contributed by atoms with van der Waals surface area (Å²) in [5.41, 5.74) is 0. The molecule has 0 aromatic rings. The molecule has 0 aromatic heterocycles. The maximum Gasteiger partial charge on any atom is 0.0875 e. The lowest BCUT2D eigenvalue weighted by atomic mass is 10.0. The van der Waals surface area contributed by atoms with E-state index in [1.165, 1.54) is 0 Å². The number of rotatable bonds is 2. The van der Waals surface area contributed by atoms with Gasteiger partial charge in [0.2, 0.25) is 0 Å². The molecule has 1 heterocycles. The van der Waals surface area contributed by atoms with E-state index < -0.39 is 0 Å². The molecule has 0 radical (unpaired) electrons. The molecule has 2 nitrogen and oxygen atoms in total. The summed E-state index contributed by atoms with van der Waals surface area (Å²) in [6, 6.07) is 0.370. The van der Waals surface area contributed by atoms with Crippen molar-refractivity contribution in [1.82, 2.24) is 0 Å². The van der Waals surface area contributed by atoms with Crippen molar-refractivity contribution in [2.45, 2.75) is 31.1 Å². The largest absolute Gasteiger partial charge is 0.194 e. The van der Waals surface area contributed by atoms with E-state index in [0.29, 0.717) is 6.04 Å². The van der Waals surface area contributed by atoms with Gasteiger partial charge >= 0.3 is 0 Å². The molecule has 0 amide bonds. The SMILES string of the molecule is CC(C)(SS)C1CCN=N1. The van der Waals surface area contributed by atoms with Crippen molar-refractivity contribution in [3.8, 4) is 0 Å². The van der Waals surface area contributed by atoms with E-state index in [4.69, 9.17) is 0 Å². The predicted molar refractivity (Wildman–Crippen MR) is 48.8 cm³/mol. The zero-order chi connectivity index (χ0) is 7.61. The topological polar surface area (TPSA) is 24.7 Å². The molecule has 0 aromatic carbocycles. The van der Waals surface area contributed by atoms with Gasteiger partial charge in [-0.05, 0) is 20.3 Å². The minimum Gasteiger partial charge on any atom is -0.194 e. The summed E-state index contributed by atoms with van der Waals surface area (Å²) in [7, 11) is 1.57. The molecule has 0 bridgehead atoms. The fourth-order valence-corrected chi connectivity index (χ4v) is 1.59. The summed E-state index contributed by atoms with van der Waals surface area (Å²) in [6.07, 6.45) is 1.08. The molecule has 1 aliphatic rings. The fourth-order valence-electron chi connectivity index (χ4n) is 0.942. The third-order valence-electron chi connectivity index (χ3n) is 1.76. The number of nitrogens with zero attached hydrogens (tertiary/aromatic N) is 2. The van der Waals surface area contributed by atoms with Crippen LogP contribution >= 0.6 is 22.5 Å². The molecule has 10 heavy (non-hydrogen) atoms. The first kappa shape index (κ1) is 8.40. The monoisotopic (exact) mass is 176 g/mol. The van der Waals surface area contributed by atoms with E-state index in [9.17, 15) is 0 Å². The first-order valence-electron chi connectivity index (χ1n) is 3.36. The van der Waals surface area contributed by atoms with E-state index in [0.717, 1.165) is 13.0 Å². The summed E-state index contributed by atoms with van der Waals surface area (Å²) in [4.78, 5) is 0. The van der Waals surface area contributed by atoms with E-state index >= 15 is 0 Å². The van der Waals surface area contributed by atoms with Crippen LogP contribution in [0.4, 0.5) is 0 Å². The highest BCUT2D eigenvalue weighted by Crippen LogP contribution is 2.35. The maximum absolute atomic E-state index is 4.19. The van der Waals surface area contributed by atoms with Crippen LogP contribution in [-0.2, 0) is 0 Å². The molecule has 0 saturated heterocycles. The van der Waals surface area contributed by atoms with E-state index in [1.807, 2.05) is 0 Å². The van der Waals surface area contributed by atoms with Crippen molar-refractivity contribution in [2.75, 3.05) is 6.54 Å². The van der Waals surface area contributed by atoms with Gasteiger partial charge in [0.25, 0.3) is 0 Å². The lowest BCUT2D eigenvalue weighted by Gasteiger charge is -2.24. The van der Waals surface area contributed by atoms with Crippen molar-refractivity contribution in [3.63, 3.8) is 0 Å². The molecule has 0 spiro atoms. The van der Waals surface area contributed by atoms with Gasteiger partial charge in [-0.1, -0.05) is 10.8 Å². The Morgan fingerprint density at radius 1 is 1.60 bits per heavy atom. The standard InChI is InChI=1S/C6H12N2S2/c1-6(2,10-9)5-3-4-7-8-5/h5,9H,3-4H2,1-2H3. The number of hydrogen-bond acceptors (Lipinski definition) is 4. The summed E-state index contributed by atoms with van der Waals surface area (Å²) in [5.74, 6) is 0. The van der Waals surface area contributed by atoms with Crippen LogP contribution in [0.3, 0.4) is 0 Å². The zero-order valence-corrected chi connectivity index (χ0v) is 7.95. The van der Waals surface area contributed by atoms with Crippen LogP contribution < -0.4 is 0 Å². The predicted octanol–water partition coefficient (Wildman–Crippen LogP) is 2.57. The Kier molecular flexibility index (Phi) is 2.63. The van der Waals surface area contributed by atoms with Crippen LogP contribution in [0.5, 0.6) is 0 Å². The fraction of sp³-hybridized carbons (Fsp3) is 1.00. The van der Waals surface area contributed by atoms with Crippen LogP contribution in [0, 0.1) is 0 Å². The van der Waals surface area contributed by atoms with Crippen LogP contribution in [0.1, 0.15) is 20.3 Å². The van der Waals surface area contributed by atoms with E-state index in [2.05, 4.69) is 35.7 Å². The second-order valence-electron chi connectivity index (χ2n) is 2.98. The maximum atomic E-state index is 4.19. The van der Waals surface area contributed by atoms with Crippen LogP contribution in [0.15, 0.2) is 10.2 Å². The Morgan fingerprint density at radius 2 is 2.30 bits per heavy atom. The second kappa shape index (κ2) is 3.13. The average molecular weight is 176 g/mol.